The molecule has 0 fully saturated rings. The number of hydrogen-bond donors (Lipinski definition) is 4. The summed E-state index contributed by atoms with van der Waals surface area (Å²) in [5.41, 5.74) is 0. The Morgan fingerprint density at radius 2 is 0.582 bits per heavy atom. The number of unbranched alkanes of at least 4 members (excludes halogenated alkanes) is 7. The maximum absolute atomic E-state index is 12.9. The van der Waals surface area contributed by atoms with E-state index in [0.717, 1.165) is 128 Å². The van der Waals surface area contributed by atoms with Crippen LogP contribution in [-0.2, 0) is 55.8 Å². The Morgan fingerprint density at radius 3 is 0.967 bits per heavy atom. The van der Waals surface area contributed by atoms with E-state index < -0.39 is 91.5 Å². The van der Waals surface area contributed by atoms with Crippen molar-refractivity contribution in [3.05, 3.63) is 182 Å². The summed E-state index contributed by atoms with van der Waals surface area (Å²) in [4.78, 5) is 58.3. The second-order valence-electron chi connectivity index (χ2n) is 21.1. The minimum atomic E-state index is -4.96. The summed E-state index contributed by atoms with van der Waals surface area (Å²) < 4.78 is 60.7. The molecule has 512 valence electrons. The van der Waals surface area contributed by atoms with Gasteiger partial charge in [0.1, 0.15) is 25.4 Å². The van der Waals surface area contributed by atoms with Gasteiger partial charge in [0.15, 0.2) is 6.10 Å². The van der Waals surface area contributed by atoms with Crippen LogP contribution in [0.25, 0.3) is 0 Å². The van der Waals surface area contributed by atoms with Crippen molar-refractivity contribution in [1.82, 2.24) is 0 Å². The zero-order chi connectivity index (χ0) is 66.7. The molecule has 5 atom stereocenters. The van der Waals surface area contributed by atoms with E-state index >= 15 is 0 Å². The Bertz CT molecular complexity index is 2390. The third-order valence-corrected chi connectivity index (χ3v) is 14.5. The van der Waals surface area contributed by atoms with Crippen LogP contribution >= 0.6 is 15.6 Å². The van der Waals surface area contributed by atoms with Crippen molar-refractivity contribution in [2.45, 2.75) is 219 Å². The lowest BCUT2D eigenvalue weighted by Gasteiger charge is -2.21. The Morgan fingerprint density at radius 1 is 0.308 bits per heavy atom. The van der Waals surface area contributed by atoms with E-state index in [-0.39, 0.29) is 19.3 Å². The highest BCUT2D eigenvalue weighted by Gasteiger charge is 2.29. The molecule has 0 saturated heterocycles. The van der Waals surface area contributed by atoms with Crippen LogP contribution in [0.4, 0.5) is 0 Å². The number of phosphoric acid groups is 2. The van der Waals surface area contributed by atoms with E-state index in [9.17, 15) is 43.5 Å². The fourth-order valence-corrected chi connectivity index (χ4v) is 9.26. The van der Waals surface area contributed by atoms with Crippen molar-refractivity contribution in [2.24, 2.45) is 0 Å². The Kier molecular flexibility index (Phi) is 60.9. The smallest absolute Gasteiger partial charge is 0.463 e. The van der Waals surface area contributed by atoms with Gasteiger partial charge in [-0.25, -0.2) is 9.13 Å². The molecule has 16 nitrogen and oxygen atoms in total. The largest absolute Gasteiger partial charge is 0.472 e. The maximum Gasteiger partial charge on any atom is 0.472 e. The lowest BCUT2D eigenvalue weighted by Crippen LogP contribution is -2.30. The highest BCUT2D eigenvalue weighted by molar-refractivity contribution is 7.47. The molecular weight excluding hydrogens is 1190 g/mol. The summed E-state index contributed by atoms with van der Waals surface area (Å²) in [5.74, 6) is -1.76. The lowest BCUT2D eigenvalue weighted by atomic mass is 10.1. The van der Waals surface area contributed by atoms with Gasteiger partial charge in [0, 0.05) is 19.3 Å². The van der Waals surface area contributed by atoms with Gasteiger partial charge in [0.2, 0.25) is 0 Å². The number of ether oxygens (including phenoxy) is 3. The molecule has 0 aliphatic carbocycles. The fourth-order valence-electron chi connectivity index (χ4n) is 7.68. The van der Waals surface area contributed by atoms with Gasteiger partial charge in [-0.1, -0.05) is 229 Å². The molecule has 0 aliphatic rings. The molecule has 18 heteroatoms. The van der Waals surface area contributed by atoms with Gasteiger partial charge in [0.25, 0.3) is 0 Å². The van der Waals surface area contributed by atoms with Crippen molar-refractivity contribution in [1.29, 1.82) is 0 Å². The average Bonchev–Trinajstić information content (AvgIpc) is 3.02. The summed E-state index contributed by atoms with van der Waals surface area (Å²) >= 11 is 0. The highest BCUT2D eigenvalue weighted by atomic mass is 31.2. The maximum atomic E-state index is 12.9. The van der Waals surface area contributed by atoms with Crippen molar-refractivity contribution in [3.8, 4) is 0 Å². The van der Waals surface area contributed by atoms with Crippen LogP contribution in [0.2, 0.25) is 0 Å². The molecule has 0 amide bonds. The molecule has 0 bridgehead atoms. The number of carbonyl (C=O) groups is 3. The zero-order valence-electron chi connectivity index (χ0n) is 55.2. The number of phosphoric ester groups is 2. The number of aliphatic hydroxyl groups is 2. The van der Waals surface area contributed by atoms with E-state index in [0.29, 0.717) is 32.1 Å². The monoisotopic (exact) mass is 1310 g/mol. The van der Waals surface area contributed by atoms with E-state index in [1.54, 1.807) is 0 Å². The van der Waals surface area contributed by atoms with Crippen molar-refractivity contribution in [3.63, 3.8) is 0 Å². The van der Waals surface area contributed by atoms with Crippen LogP contribution in [0.1, 0.15) is 201 Å². The standard InChI is InChI=1S/C73H114O16P2/c1-4-7-10-13-16-19-22-25-28-31-33-36-38-41-44-47-50-53-56-59-71(76)83-62-68(74)63-85-90(79,80)86-64-69(75)65-87-91(81,82)88-67-70(89-73(78)61-58-55-52-49-46-43-40-35-30-27-24-21-18-15-12-9-6-3)66-84-72(77)60-57-54-51-48-45-42-39-37-34-32-29-26-23-20-17-14-11-8-5-2/h7-12,16-21,25-30,33-34,36-37,40-41,43-44,49-50,52-53,68-70,74-75H,4-6,13-15,22-24,31-32,35,38-39,42,45-48,51,54-67H2,1-3H3,(H,79,80)(H,81,82)/b10-7-,11-8-,12-9-,19-16-,20-17-,21-18-,28-25-,29-26-,30-27-,36-33-,37-34-,43-40-,44-41-,52-49-,53-50-. The minimum absolute atomic E-state index is 0.0127. The Labute approximate surface area is 547 Å². The number of rotatable bonds is 60. The predicted molar refractivity (Wildman–Crippen MR) is 371 cm³/mol. The third-order valence-electron chi connectivity index (χ3n) is 12.6. The van der Waals surface area contributed by atoms with Gasteiger partial charge >= 0.3 is 33.6 Å². The molecule has 0 heterocycles. The van der Waals surface area contributed by atoms with Crippen molar-refractivity contribution in [2.75, 3.05) is 39.6 Å². The fraction of sp³-hybridized carbons (Fsp3) is 0.548. The summed E-state index contributed by atoms with van der Waals surface area (Å²) in [6.45, 7) is 2.10. The summed E-state index contributed by atoms with van der Waals surface area (Å²) in [6, 6.07) is 0. The van der Waals surface area contributed by atoms with Crippen molar-refractivity contribution >= 4 is 33.6 Å². The Hall–Kier alpha value is -5.35. The van der Waals surface area contributed by atoms with Gasteiger partial charge in [0.05, 0.1) is 26.4 Å². The SMILES string of the molecule is CC/C=C\C/C=C\C/C=C\C/C=C\C/C=C\C/C=C\CCC(=O)OCC(O)COP(=O)(O)OCC(O)COP(=O)(O)OCC(COC(=O)CCCCCCCC/C=C\C/C=C\C/C=C\C/C=C\CC)OC(=O)CCC/C=C\C/C=C\C/C=C\C/C=C\C/C=C\CC. The van der Waals surface area contributed by atoms with Crippen LogP contribution in [0, 0.1) is 0 Å². The molecule has 0 saturated carbocycles. The van der Waals surface area contributed by atoms with Crippen LogP contribution in [-0.4, -0.2) is 95.9 Å². The molecule has 0 spiro atoms. The van der Waals surface area contributed by atoms with Crippen LogP contribution in [0.3, 0.4) is 0 Å². The first-order chi connectivity index (χ1) is 44.2. The van der Waals surface area contributed by atoms with Gasteiger partial charge in [-0.15, -0.1) is 0 Å². The van der Waals surface area contributed by atoms with Gasteiger partial charge in [-0.05, 0) is 135 Å². The Balaban J connectivity index is 4.87. The summed E-state index contributed by atoms with van der Waals surface area (Å²) in [5, 5.41) is 20.5. The molecule has 0 rings (SSSR count). The average molecular weight is 1310 g/mol. The van der Waals surface area contributed by atoms with Crippen LogP contribution in [0.5, 0.6) is 0 Å². The van der Waals surface area contributed by atoms with Gasteiger partial charge in [-0.3, -0.25) is 32.5 Å². The molecule has 0 aromatic heterocycles. The topological polar surface area (TPSA) is 231 Å². The molecule has 91 heavy (non-hydrogen) atoms. The number of hydrogen-bond acceptors (Lipinski definition) is 14. The quantitative estimate of drug-likeness (QED) is 0.0146. The third kappa shape index (κ3) is 65.9. The van der Waals surface area contributed by atoms with E-state index in [4.69, 9.17) is 32.3 Å². The van der Waals surface area contributed by atoms with Crippen LogP contribution < -0.4 is 0 Å². The van der Waals surface area contributed by atoms with E-state index in [1.807, 2.05) is 30.4 Å². The number of aliphatic hydroxyl groups excluding tert-OH is 2. The number of esters is 3. The summed E-state index contributed by atoms with van der Waals surface area (Å²) in [6.07, 6.45) is 81.1. The molecule has 0 aromatic rings. The second-order valence-corrected chi connectivity index (χ2v) is 24.0. The molecule has 0 aromatic carbocycles. The number of carbonyl (C=O) groups excluding carboxylic acids is 3. The lowest BCUT2D eigenvalue weighted by molar-refractivity contribution is -0.161. The molecule has 5 unspecified atom stereocenters. The second kappa shape index (κ2) is 64.7. The highest BCUT2D eigenvalue weighted by Crippen LogP contribution is 2.45. The minimum Gasteiger partial charge on any atom is -0.463 e. The summed E-state index contributed by atoms with van der Waals surface area (Å²) in [7, 11) is -9.84. The van der Waals surface area contributed by atoms with Crippen LogP contribution in [0.15, 0.2) is 182 Å². The molecular formula is C73H114O16P2. The van der Waals surface area contributed by atoms with Crippen molar-refractivity contribution < 1.29 is 75.8 Å². The first kappa shape index (κ1) is 85.7. The van der Waals surface area contributed by atoms with E-state index in [1.165, 1.54) is 0 Å². The normalized spacial score (nSPS) is 15.4. The molecule has 0 aliphatic heterocycles. The molecule has 4 N–H and O–H groups in total. The zero-order valence-corrected chi connectivity index (χ0v) is 57.0. The first-order valence-electron chi connectivity index (χ1n) is 33.1. The van der Waals surface area contributed by atoms with Gasteiger partial charge < -0.3 is 34.2 Å². The number of allylic oxidation sites excluding steroid dienone is 30. The van der Waals surface area contributed by atoms with Gasteiger partial charge in [-0.2, -0.15) is 0 Å². The van der Waals surface area contributed by atoms with E-state index in [2.05, 4.69) is 173 Å². The first-order valence-corrected chi connectivity index (χ1v) is 36.1. The molecule has 0 radical (unpaired) electrons. The predicted octanol–water partition coefficient (Wildman–Crippen LogP) is 18.3.